The minimum absolute atomic E-state index is 0.444. The number of carbonyl (C=O) groups excluding carboxylic acids is 1. The van der Waals surface area contributed by atoms with Crippen molar-refractivity contribution in [3.63, 3.8) is 0 Å². The molecule has 0 fully saturated rings. The maximum absolute atomic E-state index is 11.4. The highest BCUT2D eigenvalue weighted by Crippen LogP contribution is 2.12. The Kier molecular flexibility index (Phi) is 4.92. The highest BCUT2D eigenvalue weighted by atomic mass is 16.5. The van der Waals surface area contributed by atoms with Gasteiger partial charge in [0.1, 0.15) is 11.8 Å². The summed E-state index contributed by atoms with van der Waals surface area (Å²) in [6, 6.07) is 6.24. The zero-order valence-corrected chi connectivity index (χ0v) is 10.2. The third kappa shape index (κ3) is 4.29. The van der Waals surface area contributed by atoms with Gasteiger partial charge in [-0.2, -0.15) is 0 Å². The molecule has 0 radical (unpaired) electrons. The summed E-state index contributed by atoms with van der Waals surface area (Å²) in [6.45, 7) is 1.40. The van der Waals surface area contributed by atoms with Gasteiger partial charge in [-0.15, -0.1) is 0 Å². The SMILES string of the molecule is COc1ccc(/C=C/C(=O)NC(C)C(=O)O)cc1. The molecule has 1 amide bonds. The number of ether oxygens (including phenoxy) is 1. The Morgan fingerprint density at radius 3 is 2.44 bits per heavy atom. The molecular weight excluding hydrogens is 234 g/mol. The second kappa shape index (κ2) is 6.44. The average molecular weight is 249 g/mol. The van der Waals surface area contributed by atoms with Crippen molar-refractivity contribution < 1.29 is 19.4 Å². The van der Waals surface area contributed by atoms with Crippen molar-refractivity contribution in [1.82, 2.24) is 5.32 Å². The van der Waals surface area contributed by atoms with E-state index >= 15 is 0 Å². The average Bonchev–Trinajstić information content (AvgIpc) is 2.36. The fraction of sp³-hybridized carbons (Fsp3) is 0.231. The van der Waals surface area contributed by atoms with Crippen molar-refractivity contribution in [2.75, 3.05) is 7.11 Å². The standard InChI is InChI=1S/C13H15NO4/c1-9(13(16)17)14-12(15)8-5-10-3-6-11(18-2)7-4-10/h3-9H,1-2H3,(H,14,15)(H,16,17)/b8-5+. The lowest BCUT2D eigenvalue weighted by molar-refractivity contribution is -0.140. The smallest absolute Gasteiger partial charge is 0.325 e. The monoisotopic (exact) mass is 249 g/mol. The molecule has 0 bridgehead atoms. The molecule has 0 aliphatic rings. The zero-order valence-electron chi connectivity index (χ0n) is 10.2. The van der Waals surface area contributed by atoms with Gasteiger partial charge in [-0.05, 0) is 30.7 Å². The number of carbonyl (C=O) groups is 2. The van der Waals surface area contributed by atoms with E-state index in [0.717, 1.165) is 11.3 Å². The molecular formula is C13H15NO4. The lowest BCUT2D eigenvalue weighted by atomic mass is 10.2. The number of hydrogen-bond acceptors (Lipinski definition) is 3. The van der Waals surface area contributed by atoms with Gasteiger partial charge >= 0.3 is 5.97 Å². The van der Waals surface area contributed by atoms with Crippen molar-refractivity contribution in [1.29, 1.82) is 0 Å². The fourth-order valence-electron chi connectivity index (χ4n) is 1.21. The summed E-state index contributed by atoms with van der Waals surface area (Å²) in [7, 11) is 1.57. The van der Waals surface area contributed by atoms with Crippen LogP contribution >= 0.6 is 0 Å². The topological polar surface area (TPSA) is 75.6 Å². The summed E-state index contributed by atoms with van der Waals surface area (Å²) in [5, 5.41) is 10.9. The molecule has 5 nitrogen and oxygen atoms in total. The number of benzene rings is 1. The molecule has 0 saturated heterocycles. The molecule has 0 aliphatic carbocycles. The van der Waals surface area contributed by atoms with E-state index in [-0.39, 0.29) is 0 Å². The number of carboxylic acids is 1. The molecule has 2 N–H and O–H groups in total. The Bertz CT molecular complexity index is 451. The fourth-order valence-corrected chi connectivity index (χ4v) is 1.21. The van der Waals surface area contributed by atoms with Gasteiger partial charge in [0.25, 0.3) is 0 Å². The predicted molar refractivity (Wildman–Crippen MR) is 67.3 cm³/mol. The number of rotatable bonds is 5. The van der Waals surface area contributed by atoms with Crippen molar-refractivity contribution in [2.24, 2.45) is 0 Å². The number of aliphatic carboxylic acids is 1. The van der Waals surface area contributed by atoms with E-state index in [1.165, 1.54) is 13.0 Å². The van der Waals surface area contributed by atoms with E-state index in [9.17, 15) is 9.59 Å². The first-order chi connectivity index (χ1) is 8.52. The first-order valence-electron chi connectivity index (χ1n) is 5.38. The largest absolute Gasteiger partial charge is 0.497 e. The van der Waals surface area contributed by atoms with Gasteiger partial charge in [0.15, 0.2) is 0 Å². The molecule has 0 spiro atoms. The van der Waals surface area contributed by atoms with E-state index in [4.69, 9.17) is 9.84 Å². The van der Waals surface area contributed by atoms with E-state index in [2.05, 4.69) is 5.32 Å². The summed E-state index contributed by atoms with van der Waals surface area (Å²) in [4.78, 5) is 21.9. The van der Waals surface area contributed by atoms with Crippen molar-refractivity contribution >= 4 is 18.0 Å². The Morgan fingerprint density at radius 2 is 1.94 bits per heavy atom. The molecule has 0 saturated carbocycles. The normalized spacial score (nSPS) is 12.1. The van der Waals surface area contributed by atoms with Crippen LogP contribution in [-0.4, -0.2) is 30.1 Å². The molecule has 0 aliphatic heterocycles. The van der Waals surface area contributed by atoms with Crippen molar-refractivity contribution in [3.05, 3.63) is 35.9 Å². The van der Waals surface area contributed by atoms with Gasteiger partial charge in [-0.25, -0.2) is 0 Å². The Balaban J connectivity index is 2.57. The molecule has 1 aromatic rings. The van der Waals surface area contributed by atoms with Gasteiger partial charge < -0.3 is 15.2 Å². The van der Waals surface area contributed by atoms with Crippen LogP contribution < -0.4 is 10.1 Å². The number of carboxylic acid groups (broad SMARTS) is 1. The molecule has 18 heavy (non-hydrogen) atoms. The minimum atomic E-state index is -1.07. The first kappa shape index (κ1) is 13.8. The highest BCUT2D eigenvalue weighted by Gasteiger charge is 2.11. The van der Waals surface area contributed by atoms with E-state index < -0.39 is 17.9 Å². The quantitative estimate of drug-likeness (QED) is 0.771. The third-order valence-corrected chi connectivity index (χ3v) is 2.27. The molecule has 1 rings (SSSR count). The van der Waals surface area contributed by atoms with E-state index in [1.54, 1.807) is 37.5 Å². The van der Waals surface area contributed by atoms with Crippen LogP contribution in [0.15, 0.2) is 30.3 Å². The van der Waals surface area contributed by atoms with E-state index in [1.807, 2.05) is 0 Å². The van der Waals surface area contributed by atoms with Gasteiger partial charge in [-0.3, -0.25) is 9.59 Å². The summed E-state index contributed by atoms with van der Waals surface area (Å²) >= 11 is 0. The maximum Gasteiger partial charge on any atom is 0.325 e. The van der Waals surface area contributed by atoms with Crippen molar-refractivity contribution in [3.8, 4) is 5.75 Å². The van der Waals surface area contributed by atoms with Crippen LogP contribution in [0.1, 0.15) is 12.5 Å². The first-order valence-corrected chi connectivity index (χ1v) is 5.38. The van der Waals surface area contributed by atoms with Crippen LogP contribution in [0.5, 0.6) is 5.75 Å². The maximum atomic E-state index is 11.4. The molecule has 1 atom stereocenters. The van der Waals surface area contributed by atoms with Gasteiger partial charge in [0.05, 0.1) is 7.11 Å². The highest BCUT2D eigenvalue weighted by molar-refractivity contribution is 5.94. The summed E-state index contributed by atoms with van der Waals surface area (Å²) in [5.41, 5.74) is 0.828. The summed E-state index contributed by atoms with van der Waals surface area (Å²) in [6.07, 6.45) is 2.89. The molecule has 5 heteroatoms. The van der Waals surface area contributed by atoms with E-state index in [0.29, 0.717) is 0 Å². The summed E-state index contributed by atoms with van der Waals surface area (Å²) in [5.74, 6) is -0.780. The van der Waals surface area contributed by atoms with Crippen LogP contribution in [0.25, 0.3) is 6.08 Å². The van der Waals surface area contributed by atoms with Crippen LogP contribution in [-0.2, 0) is 9.59 Å². The second-order valence-corrected chi connectivity index (χ2v) is 3.68. The Hall–Kier alpha value is -2.30. The van der Waals surface area contributed by atoms with Crippen LogP contribution in [0.2, 0.25) is 0 Å². The van der Waals surface area contributed by atoms with Gasteiger partial charge in [0.2, 0.25) is 5.91 Å². The van der Waals surface area contributed by atoms with Gasteiger partial charge in [-0.1, -0.05) is 12.1 Å². The second-order valence-electron chi connectivity index (χ2n) is 3.68. The number of methoxy groups -OCH3 is 1. The molecule has 1 aromatic carbocycles. The third-order valence-electron chi connectivity index (χ3n) is 2.27. The molecule has 1 unspecified atom stereocenters. The van der Waals surface area contributed by atoms with Crippen LogP contribution in [0.3, 0.4) is 0 Å². The van der Waals surface area contributed by atoms with Crippen molar-refractivity contribution in [2.45, 2.75) is 13.0 Å². The number of nitrogens with one attached hydrogen (secondary N) is 1. The van der Waals surface area contributed by atoms with Gasteiger partial charge in [0, 0.05) is 6.08 Å². The molecule has 96 valence electrons. The number of amides is 1. The zero-order chi connectivity index (χ0) is 13.5. The Labute approximate surface area is 105 Å². The minimum Gasteiger partial charge on any atom is -0.497 e. The van der Waals surface area contributed by atoms with Crippen LogP contribution in [0, 0.1) is 0 Å². The lowest BCUT2D eigenvalue weighted by Gasteiger charge is -2.05. The molecule has 0 aromatic heterocycles. The summed E-state index contributed by atoms with van der Waals surface area (Å²) < 4.78 is 5.01. The lowest BCUT2D eigenvalue weighted by Crippen LogP contribution is -2.37. The number of hydrogen-bond donors (Lipinski definition) is 2. The predicted octanol–water partition coefficient (Wildman–Crippen LogP) is 1.30. The molecule has 0 heterocycles. The van der Waals surface area contributed by atoms with Crippen LogP contribution in [0.4, 0.5) is 0 Å². The Morgan fingerprint density at radius 1 is 1.33 bits per heavy atom.